The summed E-state index contributed by atoms with van der Waals surface area (Å²) < 4.78 is 41.2. The largest absolute Gasteiger partial charge is 0.383 e. The topological polar surface area (TPSA) is 63.7 Å². The van der Waals surface area contributed by atoms with E-state index in [9.17, 15) is 17.6 Å². The van der Waals surface area contributed by atoms with Crippen LogP contribution in [0.25, 0.3) is 0 Å². The number of carbonyl (C=O) groups excluding carboxylic acids is 1. The molecule has 0 radical (unpaired) electrons. The van der Waals surface area contributed by atoms with Crippen LogP contribution in [0.3, 0.4) is 0 Å². The van der Waals surface area contributed by atoms with Gasteiger partial charge in [-0.05, 0) is 31.0 Å². The Morgan fingerprint density at radius 3 is 2.62 bits per heavy atom. The molecule has 8 heteroatoms. The molecule has 0 N–H and O–H groups in total. The summed E-state index contributed by atoms with van der Waals surface area (Å²) in [7, 11) is 2.65. The maximum Gasteiger partial charge on any atom is 0.261 e. The van der Waals surface area contributed by atoms with E-state index in [0.29, 0.717) is 13.2 Å². The van der Waals surface area contributed by atoms with E-state index in [1.165, 1.54) is 7.11 Å². The lowest BCUT2D eigenvalue weighted by Crippen LogP contribution is -2.36. The second kappa shape index (κ2) is 6.29. The number of nitrogens with zero attached hydrogens (tertiary/aromatic N) is 1. The molecule has 21 heavy (non-hydrogen) atoms. The fourth-order valence-electron chi connectivity index (χ4n) is 2.00. The van der Waals surface area contributed by atoms with Crippen LogP contribution in [0.1, 0.15) is 23.2 Å². The van der Waals surface area contributed by atoms with Crippen LogP contribution in [-0.4, -0.2) is 45.5 Å². The van der Waals surface area contributed by atoms with Crippen molar-refractivity contribution in [2.75, 3.05) is 20.3 Å². The van der Waals surface area contributed by atoms with Gasteiger partial charge in [0.15, 0.2) is 0 Å². The fourth-order valence-corrected chi connectivity index (χ4v) is 2.76. The summed E-state index contributed by atoms with van der Waals surface area (Å²) in [5.74, 6) is -1.37. The van der Waals surface area contributed by atoms with E-state index in [0.717, 1.165) is 31.0 Å². The second-order valence-electron chi connectivity index (χ2n) is 4.80. The lowest BCUT2D eigenvalue weighted by atomic mass is 10.2. The van der Waals surface area contributed by atoms with Crippen molar-refractivity contribution in [3.8, 4) is 0 Å². The Morgan fingerprint density at radius 2 is 2.14 bits per heavy atom. The van der Waals surface area contributed by atoms with E-state index in [4.69, 9.17) is 15.4 Å². The molecule has 0 spiro atoms. The molecule has 2 rings (SSSR count). The van der Waals surface area contributed by atoms with Crippen molar-refractivity contribution >= 4 is 25.6 Å². The highest BCUT2D eigenvalue weighted by Gasteiger charge is 2.33. The van der Waals surface area contributed by atoms with Gasteiger partial charge in [-0.2, -0.15) is 0 Å². The van der Waals surface area contributed by atoms with Gasteiger partial charge in [0.25, 0.3) is 15.0 Å². The van der Waals surface area contributed by atoms with Gasteiger partial charge in [0.05, 0.1) is 17.1 Å². The molecule has 1 amide bonds. The van der Waals surface area contributed by atoms with Gasteiger partial charge in [-0.15, -0.1) is 0 Å². The smallest absolute Gasteiger partial charge is 0.261 e. The minimum atomic E-state index is -4.02. The third-order valence-corrected chi connectivity index (χ3v) is 4.59. The first kappa shape index (κ1) is 16.2. The van der Waals surface area contributed by atoms with Gasteiger partial charge in [0.1, 0.15) is 5.82 Å². The molecule has 1 aliphatic rings. The Morgan fingerprint density at radius 1 is 1.48 bits per heavy atom. The van der Waals surface area contributed by atoms with Gasteiger partial charge in [-0.1, -0.05) is 0 Å². The normalized spacial score (nSPS) is 15.0. The molecule has 0 atom stereocenters. The molecule has 1 aromatic carbocycles. The molecule has 0 saturated heterocycles. The first-order valence-corrected chi connectivity index (χ1v) is 8.69. The number of halogens is 2. The van der Waals surface area contributed by atoms with E-state index < -0.39 is 20.8 Å². The minimum absolute atomic E-state index is 0.100. The molecule has 0 aliphatic heterocycles. The second-order valence-corrected chi connectivity index (χ2v) is 7.37. The Hall–Kier alpha value is -1.18. The summed E-state index contributed by atoms with van der Waals surface area (Å²) in [5, 5.41) is 0. The first-order valence-electron chi connectivity index (χ1n) is 6.38. The monoisotopic (exact) mass is 335 g/mol. The summed E-state index contributed by atoms with van der Waals surface area (Å²) >= 11 is 0. The highest BCUT2D eigenvalue weighted by molar-refractivity contribution is 8.13. The summed E-state index contributed by atoms with van der Waals surface area (Å²) in [6, 6.07) is 3.13. The predicted octanol–water partition coefficient (Wildman–Crippen LogP) is 2.00. The molecular weight excluding hydrogens is 321 g/mol. The van der Waals surface area contributed by atoms with Gasteiger partial charge in [0, 0.05) is 30.4 Å². The number of methoxy groups -OCH3 is 1. The van der Waals surface area contributed by atoms with Gasteiger partial charge < -0.3 is 9.64 Å². The molecule has 5 nitrogen and oxygen atoms in total. The highest BCUT2D eigenvalue weighted by atomic mass is 35.7. The van der Waals surface area contributed by atoms with Crippen molar-refractivity contribution in [2.24, 2.45) is 0 Å². The summed E-state index contributed by atoms with van der Waals surface area (Å²) in [6.45, 7) is 0.729. The zero-order valence-corrected chi connectivity index (χ0v) is 13.0. The van der Waals surface area contributed by atoms with Crippen molar-refractivity contribution < 1.29 is 22.3 Å². The Balaban J connectivity index is 2.25. The van der Waals surface area contributed by atoms with Crippen LogP contribution in [0, 0.1) is 5.82 Å². The van der Waals surface area contributed by atoms with Crippen molar-refractivity contribution in [1.29, 1.82) is 0 Å². The van der Waals surface area contributed by atoms with E-state index in [1.54, 1.807) is 4.90 Å². The number of amides is 1. The number of ether oxygens (including phenoxy) is 1. The minimum Gasteiger partial charge on any atom is -0.383 e. The van der Waals surface area contributed by atoms with Crippen LogP contribution in [0.2, 0.25) is 0 Å². The molecule has 116 valence electrons. The lowest BCUT2D eigenvalue weighted by molar-refractivity contribution is 0.0675. The number of hydrogen-bond acceptors (Lipinski definition) is 4. The third-order valence-electron chi connectivity index (χ3n) is 3.24. The van der Waals surface area contributed by atoms with Crippen molar-refractivity contribution in [3.05, 3.63) is 29.6 Å². The van der Waals surface area contributed by atoms with Crippen molar-refractivity contribution in [3.63, 3.8) is 0 Å². The molecule has 1 aliphatic carbocycles. The molecule has 0 aromatic heterocycles. The van der Waals surface area contributed by atoms with Crippen molar-refractivity contribution in [1.82, 2.24) is 4.90 Å². The molecule has 1 saturated carbocycles. The van der Waals surface area contributed by atoms with E-state index in [1.807, 2.05) is 0 Å². The average molecular weight is 336 g/mol. The number of benzene rings is 1. The van der Waals surface area contributed by atoms with Crippen LogP contribution in [0.5, 0.6) is 0 Å². The van der Waals surface area contributed by atoms with Crippen LogP contribution in [-0.2, 0) is 13.8 Å². The SMILES string of the molecule is COCCN(C(=O)c1ccc(S(=O)(=O)Cl)cc1F)C1CC1. The number of hydrogen-bond donors (Lipinski definition) is 0. The summed E-state index contributed by atoms with van der Waals surface area (Å²) in [4.78, 5) is 13.5. The molecule has 0 heterocycles. The fraction of sp³-hybridized carbons (Fsp3) is 0.462. The zero-order valence-electron chi connectivity index (χ0n) is 11.4. The summed E-state index contributed by atoms with van der Waals surface area (Å²) in [6.07, 6.45) is 1.76. The molecule has 1 aromatic rings. The Kier molecular flexibility index (Phi) is 4.85. The molecule has 1 fully saturated rings. The predicted molar refractivity (Wildman–Crippen MR) is 75.4 cm³/mol. The quantitative estimate of drug-likeness (QED) is 0.746. The van der Waals surface area contributed by atoms with Gasteiger partial charge in [0.2, 0.25) is 0 Å². The van der Waals surface area contributed by atoms with E-state index in [2.05, 4.69) is 0 Å². The van der Waals surface area contributed by atoms with E-state index in [-0.39, 0.29) is 16.5 Å². The van der Waals surface area contributed by atoms with Crippen LogP contribution >= 0.6 is 10.7 Å². The standard InChI is InChI=1S/C13H15ClFNO4S/c1-20-7-6-16(9-2-3-9)13(17)11-5-4-10(8-12(11)15)21(14,18)19/h4-5,8-9H,2-3,6-7H2,1H3. The molecular formula is C13H15ClFNO4S. The maximum atomic E-state index is 14.0. The number of carbonyl (C=O) groups is 1. The highest BCUT2D eigenvalue weighted by Crippen LogP contribution is 2.29. The number of rotatable bonds is 6. The Labute approximate surface area is 127 Å². The van der Waals surface area contributed by atoms with Gasteiger partial charge in [-0.3, -0.25) is 4.79 Å². The molecule has 0 bridgehead atoms. The average Bonchev–Trinajstić information content (AvgIpc) is 3.22. The van der Waals surface area contributed by atoms with Crippen LogP contribution in [0.4, 0.5) is 4.39 Å². The Bertz CT molecular complexity index is 646. The molecule has 0 unspecified atom stereocenters. The first-order chi connectivity index (χ1) is 9.84. The summed E-state index contributed by atoms with van der Waals surface area (Å²) in [5.41, 5.74) is -0.165. The van der Waals surface area contributed by atoms with Gasteiger partial charge >= 0.3 is 0 Å². The maximum absolute atomic E-state index is 14.0. The van der Waals surface area contributed by atoms with Crippen molar-refractivity contribution in [2.45, 2.75) is 23.8 Å². The third kappa shape index (κ3) is 3.93. The van der Waals surface area contributed by atoms with Crippen LogP contribution in [0.15, 0.2) is 23.1 Å². The van der Waals surface area contributed by atoms with Gasteiger partial charge in [-0.25, -0.2) is 12.8 Å². The zero-order chi connectivity index (χ0) is 15.6. The van der Waals surface area contributed by atoms with Crippen LogP contribution < -0.4 is 0 Å². The lowest BCUT2D eigenvalue weighted by Gasteiger charge is -2.22. The van der Waals surface area contributed by atoms with E-state index >= 15 is 0 Å².